The van der Waals surface area contributed by atoms with Crippen molar-refractivity contribution in [2.75, 3.05) is 0 Å². The summed E-state index contributed by atoms with van der Waals surface area (Å²) in [4.78, 5) is 11.5. The smallest absolute Gasteiger partial charge is 0.267 e. The molecule has 14 heavy (non-hydrogen) atoms. The Morgan fingerprint density at radius 3 is 2.93 bits per heavy atom. The van der Waals surface area contributed by atoms with Crippen LogP contribution in [0, 0.1) is 6.92 Å². The van der Waals surface area contributed by atoms with Gasteiger partial charge in [0.15, 0.2) is 0 Å². The standard InChI is InChI=1S/C11H12N2O/c1-3-9-8-6-4-5-7(2)10(8)11(14)13-12-9/h4-6H,3H2,1-2H3,(H,13,14). The molecule has 0 saturated carbocycles. The summed E-state index contributed by atoms with van der Waals surface area (Å²) in [7, 11) is 0. The van der Waals surface area contributed by atoms with Crippen molar-refractivity contribution in [1.82, 2.24) is 10.2 Å². The van der Waals surface area contributed by atoms with Crippen LogP contribution in [0.3, 0.4) is 0 Å². The molecule has 0 unspecified atom stereocenters. The molecule has 0 aliphatic heterocycles. The van der Waals surface area contributed by atoms with Crippen molar-refractivity contribution < 1.29 is 0 Å². The number of rotatable bonds is 1. The lowest BCUT2D eigenvalue weighted by Gasteiger charge is -2.03. The topological polar surface area (TPSA) is 45.8 Å². The summed E-state index contributed by atoms with van der Waals surface area (Å²) < 4.78 is 0. The Hall–Kier alpha value is -1.64. The van der Waals surface area contributed by atoms with Gasteiger partial charge in [-0.2, -0.15) is 5.10 Å². The van der Waals surface area contributed by atoms with Gasteiger partial charge in [0.05, 0.1) is 11.1 Å². The van der Waals surface area contributed by atoms with Crippen molar-refractivity contribution in [2.45, 2.75) is 20.3 Å². The zero-order valence-corrected chi connectivity index (χ0v) is 8.29. The molecule has 0 spiro atoms. The second-order valence-electron chi connectivity index (χ2n) is 3.35. The fourth-order valence-corrected chi connectivity index (χ4v) is 1.71. The molecular formula is C11H12N2O. The molecule has 0 atom stereocenters. The van der Waals surface area contributed by atoms with E-state index in [1.165, 1.54) is 0 Å². The third-order valence-electron chi connectivity index (χ3n) is 2.44. The zero-order valence-electron chi connectivity index (χ0n) is 8.29. The van der Waals surface area contributed by atoms with Crippen LogP contribution in [0.1, 0.15) is 18.2 Å². The second kappa shape index (κ2) is 3.25. The number of hydrogen-bond acceptors (Lipinski definition) is 2. The largest absolute Gasteiger partial charge is 0.272 e. The quantitative estimate of drug-likeness (QED) is 0.741. The maximum Gasteiger partial charge on any atom is 0.272 e. The van der Waals surface area contributed by atoms with Gasteiger partial charge in [0.2, 0.25) is 0 Å². The van der Waals surface area contributed by atoms with Crippen molar-refractivity contribution >= 4 is 10.8 Å². The average molecular weight is 188 g/mol. The van der Waals surface area contributed by atoms with Crippen LogP contribution in [0.15, 0.2) is 23.0 Å². The van der Waals surface area contributed by atoms with E-state index in [2.05, 4.69) is 10.2 Å². The summed E-state index contributed by atoms with van der Waals surface area (Å²) in [6.07, 6.45) is 0.830. The van der Waals surface area contributed by atoms with Gasteiger partial charge in [0.1, 0.15) is 0 Å². The summed E-state index contributed by atoms with van der Waals surface area (Å²) in [6.45, 7) is 3.97. The zero-order chi connectivity index (χ0) is 10.1. The highest BCUT2D eigenvalue weighted by atomic mass is 16.1. The van der Waals surface area contributed by atoms with E-state index in [0.717, 1.165) is 28.5 Å². The number of aryl methyl sites for hydroxylation is 2. The van der Waals surface area contributed by atoms with Crippen LogP contribution >= 0.6 is 0 Å². The van der Waals surface area contributed by atoms with Crippen molar-refractivity contribution in [1.29, 1.82) is 0 Å². The highest BCUT2D eigenvalue weighted by Crippen LogP contribution is 2.16. The van der Waals surface area contributed by atoms with E-state index >= 15 is 0 Å². The van der Waals surface area contributed by atoms with Crippen LogP contribution in [0.25, 0.3) is 10.8 Å². The molecule has 0 aliphatic carbocycles. The molecule has 1 heterocycles. The molecule has 2 aromatic rings. The Balaban J connectivity index is 2.99. The lowest BCUT2D eigenvalue weighted by Crippen LogP contribution is -2.11. The first kappa shape index (κ1) is 8.94. The van der Waals surface area contributed by atoms with Gasteiger partial charge in [-0.3, -0.25) is 4.79 Å². The first-order valence-corrected chi connectivity index (χ1v) is 4.71. The molecule has 1 aromatic carbocycles. The van der Waals surface area contributed by atoms with E-state index < -0.39 is 0 Å². The van der Waals surface area contributed by atoms with Gasteiger partial charge in [-0.15, -0.1) is 0 Å². The average Bonchev–Trinajstić information content (AvgIpc) is 2.18. The van der Waals surface area contributed by atoms with Gasteiger partial charge >= 0.3 is 0 Å². The van der Waals surface area contributed by atoms with E-state index in [4.69, 9.17) is 0 Å². The van der Waals surface area contributed by atoms with Crippen molar-refractivity contribution in [2.24, 2.45) is 0 Å². The molecular weight excluding hydrogens is 176 g/mol. The van der Waals surface area contributed by atoms with Crippen LogP contribution < -0.4 is 5.56 Å². The maximum atomic E-state index is 11.5. The summed E-state index contributed by atoms with van der Waals surface area (Å²) in [6, 6.07) is 5.85. The predicted octanol–water partition coefficient (Wildman–Crippen LogP) is 1.79. The summed E-state index contributed by atoms with van der Waals surface area (Å²) in [5.41, 5.74) is 1.85. The number of hydrogen-bond donors (Lipinski definition) is 1. The Morgan fingerprint density at radius 1 is 1.43 bits per heavy atom. The monoisotopic (exact) mass is 188 g/mol. The molecule has 1 N–H and O–H groups in total. The fourth-order valence-electron chi connectivity index (χ4n) is 1.71. The van der Waals surface area contributed by atoms with Crippen molar-refractivity contribution in [3.63, 3.8) is 0 Å². The van der Waals surface area contributed by atoms with E-state index in [-0.39, 0.29) is 5.56 Å². The molecule has 0 aliphatic rings. The highest BCUT2D eigenvalue weighted by molar-refractivity contribution is 5.86. The molecule has 0 fully saturated rings. The number of H-pyrrole nitrogens is 1. The lowest BCUT2D eigenvalue weighted by atomic mass is 10.1. The summed E-state index contributed by atoms with van der Waals surface area (Å²) >= 11 is 0. The first-order chi connectivity index (χ1) is 6.74. The minimum Gasteiger partial charge on any atom is -0.267 e. The first-order valence-electron chi connectivity index (χ1n) is 4.71. The Kier molecular flexibility index (Phi) is 2.08. The fraction of sp³-hybridized carbons (Fsp3) is 0.273. The lowest BCUT2D eigenvalue weighted by molar-refractivity contribution is 0.917. The van der Waals surface area contributed by atoms with E-state index in [0.29, 0.717) is 0 Å². The Bertz CT molecular complexity index is 528. The van der Waals surface area contributed by atoms with Crippen molar-refractivity contribution in [3.05, 3.63) is 39.8 Å². The van der Waals surface area contributed by atoms with Crippen LogP contribution in [0.5, 0.6) is 0 Å². The minimum absolute atomic E-state index is 0.102. The normalized spacial score (nSPS) is 10.7. The van der Waals surface area contributed by atoms with Crippen LogP contribution in [0.4, 0.5) is 0 Å². The predicted molar refractivity (Wildman–Crippen MR) is 56.5 cm³/mol. The molecule has 0 saturated heterocycles. The molecule has 3 heteroatoms. The molecule has 72 valence electrons. The second-order valence-corrected chi connectivity index (χ2v) is 3.35. The number of aromatic amines is 1. The van der Waals surface area contributed by atoms with Gasteiger partial charge < -0.3 is 0 Å². The van der Waals surface area contributed by atoms with Crippen LogP contribution in [-0.2, 0) is 6.42 Å². The van der Waals surface area contributed by atoms with Gasteiger partial charge in [-0.25, -0.2) is 5.10 Å². The van der Waals surface area contributed by atoms with Gasteiger partial charge in [0.25, 0.3) is 5.56 Å². The van der Waals surface area contributed by atoms with Gasteiger partial charge in [0, 0.05) is 5.39 Å². The molecule has 0 radical (unpaired) electrons. The highest BCUT2D eigenvalue weighted by Gasteiger charge is 2.05. The third-order valence-corrected chi connectivity index (χ3v) is 2.44. The number of nitrogens with zero attached hydrogens (tertiary/aromatic N) is 1. The van der Waals surface area contributed by atoms with Crippen LogP contribution in [-0.4, -0.2) is 10.2 Å². The molecule has 2 rings (SSSR count). The third kappa shape index (κ3) is 1.21. The molecule has 0 bridgehead atoms. The Morgan fingerprint density at radius 2 is 2.21 bits per heavy atom. The molecule has 0 amide bonds. The Labute approximate surface area is 81.8 Å². The minimum atomic E-state index is -0.102. The molecule has 3 nitrogen and oxygen atoms in total. The van der Waals surface area contributed by atoms with Crippen molar-refractivity contribution in [3.8, 4) is 0 Å². The number of nitrogens with one attached hydrogen (secondary N) is 1. The maximum absolute atomic E-state index is 11.5. The summed E-state index contributed by atoms with van der Waals surface area (Å²) in [5, 5.41) is 8.29. The summed E-state index contributed by atoms with van der Waals surface area (Å²) in [5.74, 6) is 0. The van der Waals surface area contributed by atoms with Gasteiger partial charge in [-0.1, -0.05) is 25.1 Å². The SMILES string of the molecule is CCc1n[nH]c(=O)c2c(C)cccc12. The number of fused-ring (bicyclic) bond motifs is 1. The van der Waals surface area contributed by atoms with Gasteiger partial charge in [-0.05, 0) is 18.9 Å². The number of aromatic nitrogens is 2. The van der Waals surface area contributed by atoms with E-state index in [1.807, 2.05) is 32.0 Å². The molecule has 1 aromatic heterocycles. The number of benzene rings is 1. The van der Waals surface area contributed by atoms with E-state index in [9.17, 15) is 4.79 Å². The van der Waals surface area contributed by atoms with E-state index in [1.54, 1.807) is 0 Å². The van der Waals surface area contributed by atoms with Crippen LogP contribution in [0.2, 0.25) is 0 Å².